The van der Waals surface area contributed by atoms with Crippen LogP contribution in [0.3, 0.4) is 0 Å². The summed E-state index contributed by atoms with van der Waals surface area (Å²) >= 11 is 0. The number of ether oxygens (including phenoxy) is 2. The first kappa shape index (κ1) is 27.0. The molecule has 0 radical (unpaired) electrons. The van der Waals surface area contributed by atoms with Crippen molar-refractivity contribution in [1.29, 1.82) is 0 Å². The van der Waals surface area contributed by atoms with E-state index in [9.17, 15) is 9.59 Å². The second kappa shape index (κ2) is 13.0. The zero-order valence-electron chi connectivity index (χ0n) is 22.6. The topological polar surface area (TPSA) is 71.1 Å². The molecule has 200 valence electrons. The second-order valence-electron chi connectivity index (χ2n) is 10.6. The van der Waals surface area contributed by atoms with Crippen LogP contribution in [0.4, 0.5) is 5.69 Å². The lowest BCUT2D eigenvalue weighted by atomic mass is 10.0. The van der Waals surface area contributed by atoms with Crippen LogP contribution in [-0.4, -0.2) is 49.7 Å². The summed E-state index contributed by atoms with van der Waals surface area (Å²) in [5.41, 5.74) is 3.69. The van der Waals surface area contributed by atoms with Gasteiger partial charge in [-0.1, -0.05) is 39.2 Å². The molecule has 0 spiro atoms. The van der Waals surface area contributed by atoms with Crippen LogP contribution in [0.1, 0.15) is 74.4 Å². The highest BCUT2D eigenvalue weighted by molar-refractivity contribution is 5.97. The van der Waals surface area contributed by atoms with Gasteiger partial charge in [-0.25, -0.2) is 0 Å². The van der Waals surface area contributed by atoms with Gasteiger partial charge in [-0.15, -0.1) is 0 Å². The monoisotopic (exact) mass is 507 g/mol. The zero-order valence-corrected chi connectivity index (χ0v) is 22.6. The van der Waals surface area contributed by atoms with Crippen molar-refractivity contribution in [3.8, 4) is 11.5 Å². The number of nitrogens with one attached hydrogen (secondary N) is 1. The molecule has 0 bridgehead atoms. The summed E-state index contributed by atoms with van der Waals surface area (Å²) in [6, 6.07) is 11.7. The van der Waals surface area contributed by atoms with Crippen LogP contribution >= 0.6 is 0 Å². The van der Waals surface area contributed by atoms with Gasteiger partial charge in [-0.05, 0) is 73.2 Å². The molecular weight excluding hydrogens is 466 g/mol. The van der Waals surface area contributed by atoms with Gasteiger partial charge in [0.1, 0.15) is 0 Å². The highest BCUT2D eigenvalue weighted by Gasteiger charge is 2.20. The molecule has 7 heteroatoms. The molecule has 2 aliphatic rings. The lowest BCUT2D eigenvalue weighted by Gasteiger charge is -2.30. The maximum absolute atomic E-state index is 13.1. The number of hydrogen-bond acceptors (Lipinski definition) is 5. The van der Waals surface area contributed by atoms with Gasteiger partial charge in [-0.3, -0.25) is 14.5 Å². The van der Waals surface area contributed by atoms with Crippen LogP contribution in [0.2, 0.25) is 0 Å². The van der Waals surface area contributed by atoms with Gasteiger partial charge >= 0.3 is 0 Å². The first-order valence-corrected chi connectivity index (χ1v) is 13.7. The van der Waals surface area contributed by atoms with E-state index in [1.165, 1.54) is 19.3 Å². The van der Waals surface area contributed by atoms with Gasteiger partial charge in [0.25, 0.3) is 5.91 Å². The minimum Gasteiger partial charge on any atom is -0.454 e. The van der Waals surface area contributed by atoms with Crippen LogP contribution in [0.5, 0.6) is 11.5 Å². The van der Waals surface area contributed by atoms with Crippen LogP contribution in [-0.2, 0) is 17.8 Å². The Kier molecular flexibility index (Phi) is 9.45. The van der Waals surface area contributed by atoms with Gasteiger partial charge in [0.15, 0.2) is 11.5 Å². The average molecular weight is 508 g/mol. The number of hydrogen-bond donors (Lipinski definition) is 1. The SMILES string of the molecule is CC(=O)N1CCCCCCCN(CC(C)C)Cc2cc(C(=O)NCCc3ccc4c(c3)OCO4)ccc21. The van der Waals surface area contributed by atoms with E-state index in [0.29, 0.717) is 31.0 Å². The fraction of sp³-hybridized carbons (Fsp3) is 0.533. The predicted octanol–water partition coefficient (Wildman–Crippen LogP) is 5.16. The van der Waals surface area contributed by atoms with Crippen molar-refractivity contribution in [3.05, 3.63) is 53.1 Å². The Morgan fingerprint density at radius 2 is 1.70 bits per heavy atom. The molecule has 37 heavy (non-hydrogen) atoms. The number of fused-ring (bicyclic) bond motifs is 2. The minimum absolute atomic E-state index is 0.0506. The molecule has 0 atom stereocenters. The maximum atomic E-state index is 13.1. The first-order chi connectivity index (χ1) is 17.9. The van der Waals surface area contributed by atoms with Crippen LogP contribution in [0.15, 0.2) is 36.4 Å². The van der Waals surface area contributed by atoms with Crippen molar-refractivity contribution in [2.75, 3.05) is 37.9 Å². The van der Waals surface area contributed by atoms with Crippen LogP contribution < -0.4 is 19.7 Å². The highest BCUT2D eigenvalue weighted by Crippen LogP contribution is 2.32. The molecule has 0 fully saturated rings. The molecule has 4 rings (SSSR count). The number of rotatable bonds is 6. The molecule has 0 saturated heterocycles. The number of carbonyl (C=O) groups excluding carboxylic acids is 2. The van der Waals surface area contributed by atoms with Gasteiger partial charge in [0.05, 0.1) is 0 Å². The fourth-order valence-electron chi connectivity index (χ4n) is 5.21. The van der Waals surface area contributed by atoms with Gasteiger partial charge in [-0.2, -0.15) is 0 Å². The Hall–Kier alpha value is -3.06. The molecule has 2 amide bonds. The van der Waals surface area contributed by atoms with Crippen LogP contribution in [0.25, 0.3) is 0 Å². The Bertz CT molecular complexity index is 1080. The first-order valence-electron chi connectivity index (χ1n) is 13.7. The third kappa shape index (κ3) is 7.48. The summed E-state index contributed by atoms with van der Waals surface area (Å²) in [6.07, 6.45) is 6.43. The summed E-state index contributed by atoms with van der Waals surface area (Å²) in [4.78, 5) is 30.1. The van der Waals surface area contributed by atoms with Crippen molar-refractivity contribution < 1.29 is 19.1 Å². The molecule has 1 N–H and O–H groups in total. The quantitative estimate of drug-likeness (QED) is 0.585. The van der Waals surface area contributed by atoms with Gasteiger partial charge in [0, 0.05) is 44.4 Å². The summed E-state index contributed by atoms with van der Waals surface area (Å²) < 4.78 is 10.8. The van der Waals surface area contributed by atoms with E-state index >= 15 is 0 Å². The molecule has 2 heterocycles. The Labute approximate surface area is 221 Å². The number of amides is 2. The molecule has 0 unspecified atom stereocenters. The van der Waals surface area contributed by atoms with Crippen molar-refractivity contribution >= 4 is 17.5 Å². The lowest BCUT2D eigenvalue weighted by molar-refractivity contribution is -0.116. The van der Waals surface area contributed by atoms with Crippen molar-refractivity contribution in [2.45, 2.75) is 65.8 Å². The van der Waals surface area contributed by atoms with E-state index in [1.54, 1.807) is 6.92 Å². The standard InChI is InChI=1S/C30H41N3O4/c1-22(2)19-32-15-7-5-4-6-8-16-33(23(3)34)27-11-10-25(18-26(27)20-32)30(35)31-14-13-24-9-12-28-29(17-24)37-21-36-28/h9-12,17-18,22H,4-8,13-16,19-21H2,1-3H3,(H,31,35). The van der Waals surface area contributed by atoms with E-state index in [1.807, 2.05) is 41.3 Å². The Morgan fingerprint density at radius 3 is 2.49 bits per heavy atom. The van der Waals surface area contributed by atoms with E-state index in [-0.39, 0.29) is 18.6 Å². The summed E-state index contributed by atoms with van der Waals surface area (Å²) in [7, 11) is 0. The molecule has 7 nitrogen and oxygen atoms in total. The van der Waals surface area contributed by atoms with Crippen molar-refractivity contribution in [1.82, 2.24) is 10.2 Å². The molecule has 2 aromatic rings. The van der Waals surface area contributed by atoms with E-state index in [0.717, 1.165) is 60.8 Å². The lowest BCUT2D eigenvalue weighted by Crippen LogP contribution is -2.34. The molecule has 0 aromatic heterocycles. The Balaban J connectivity index is 1.50. The number of carbonyl (C=O) groups is 2. The van der Waals surface area contributed by atoms with E-state index < -0.39 is 0 Å². The van der Waals surface area contributed by atoms with Gasteiger partial charge in [0.2, 0.25) is 12.7 Å². The minimum atomic E-state index is -0.0977. The fourth-order valence-corrected chi connectivity index (χ4v) is 5.21. The molecular formula is C30H41N3O4. The third-order valence-corrected chi connectivity index (χ3v) is 7.02. The predicted molar refractivity (Wildman–Crippen MR) is 146 cm³/mol. The zero-order chi connectivity index (χ0) is 26.2. The number of benzene rings is 2. The average Bonchev–Trinajstić information content (AvgIpc) is 3.32. The van der Waals surface area contributed by atoms with Crippen molar-refractivity contribution in [3.63, 3.8) is 0 Å². The van der Waals surface area contributed by atoms with Crippen LogP contribution in [0, 0.1) is 5.92 Å². The van der Waals surface area contributed by atoms with Gasteiger partial charge < -0.3 is 19.7 Å². The molecule has 2 aliphatic heterocycles. The number of nitrogens with zero attached hydrogens (tertiary/aromatic N) is 2. The molecule has 0 aliphatic carbocycles. The molecule has 0 saturated carbocycles. The molecule has 2 aromatic carbocycles. The van der Waals surface area contributed by atoms with E-state index in [2.05, 4.69) is 24.1 Å². The normalized spacial score (nSPS) is 16.6. The smallest absolute Gasteiger partial charge is 0.251 e. The number of anilines is 1. The second-order valence-corrected chi connectivity index (χ2v) is 10.6. The Morgan fingerprint density at radius 1 is 0.946 bits per heavy atom. The summed E-state index contributed by atoms with van der Waals surface area (Å²) in [6.45, 7) is 10.4. The summed E-state index contributed by atoms with van der Waals surface area (Å²) in [5.74, 6) is 2.01. The highest BCUT2D eigenvalue weighted by atomic mass is 16.7. The largest absolute Gasteiger partial charge is 0.454 e. The third-order valence-electron chi connectivity index (χ3n) is 7.02. The maximum Gasteiger partial charge on any atom is 0.251 e. The van der Waals surface area contributed by atoms with Crippen molar-refractivity contribution in [2.24, 2.45) is 5.92 Å². The summed E-state index contributed by atoms with van der Waals surface area (Å²) in [5, 5.41) is 3.06. The van der Waals surface area contributed by atoms with E-state index in [4.69, 9.17) is 9.47 Å².